The van der Waals surface area contributed by atoms with E-state index in [1.54, 1.807) is 18.5 Å². The second-order valence-electron chi connectivity index (χ2n) is 3.68. The molecule has 0 radical (unpaired) electrons. The molecule has 1 unspecified atom stereocenters. The van der Waals surface area contributed by atoms with Crippen molar-refractivity contribution >= 4 is 5.97 Å². The lowest BCUT2D eigenvalue weighted by molar-refractivity contribution is -0.154. The summed E-state index contributed by atoms with van der Waals surface area (Å²) < 4.78 is 5.31. The smallest absolute Gasteiger partial charge is 0.333 e. The average molecular weight is 209 g/mol. The number of pyridine rings is 1. The first kappa shape index (κ1) is 11.7. The largest absolute Gasteiger partial charge is 0.479 e. The number of rotatable bonds is 5. The van der Waals surface area contributed by atoms with Crippen LogP contribution in [-0.2, 0) is 16.1 Å². The summed E-state index contributed by atoms with van der Waals surface area (Å²) in [4.78, 5) is 14.7. The minimum Gasteiger partial charge on any atom is -0.479 e. The van der Waals surface area contributed by atoms with Gasteiger partial charge in [0, 0.05) is 12.4 Å². The van der Waals surface area contributed by atoms with Gasteiger partial charge in [0.1, 0.15) is 0 Å². The molecule has 0 amide bonds. The summed E-state index contributed by atoms with van der Waals surface area (Å²) >= 11 is 0. The van der Waals surface area contributed by atoms with E-state index in [0.717, 1.165) is 5.56 Å². The fourth-order valence-electron chi connectivity index (χ4n) is 1.22. The molecule has 0 aliphatic rings. The summed E-state index contributed by atoms with van der Waals surface area (Å²) in [6.07, 6.45) is 2.57. The lowest BCUT2D eigenvalue weighted by atomic mass is 10.1. The van der Waals surface area contributed by atoms with Crippen LogP contribution in [0.1, 0.15) is 19.4 Å². The number of hydrogen-bond donors (Lipinski definition) is 1. The molecule has 0 aliphatic heterocycles. The van der Waals surface area contributed by atoms with Gasteiger partial charge in [-0.05, 0) is 17.5 Å². The predicted molar refractivity (Wildman–Crippen MR) is 55.3 cm³/mol. The van der Waals surface area contributed by atoms with Gasteiger partial charge in [-0.2, -0.15) is 0 Å². The number of hydrogen-bond acceptors (Lipinski definition) is 3. The first-order valence-corrected chi connectivity index (χ1v) is 4.84. The van der Waals surface area contributed by atoms with Gasteiger partial charge in [-0.15, -0.1) is 0 Å². The molecule has 1 aromatic heterocycles. The molecule has 1 atom stereocenters. The van der Waals surface area contributed by atoms with Crippen molar-refractivity contribution in [1.29, 1.82) is 0 Å². The Morgan fingerprint density at radius 3 is 2.80 bits per heavy atom. The molecule has 1 N–H and O–H groups in total. The Hall–Kier alpha value is -1.42. The van der Waals surface area contributed by atoms with Crippen LogP contribution in [0.15, 0.2) is 24.5 Å². The minimum absolute atomic E-state index is 0.0424. The van der Waals surface area contributed by atoms with Crippen LogP contribution in [0.25, 0.3) is 0 Å². The predicted octanol–water partition coefficient (Wildman–Crippen LogP) is 1.71. The van der Waals surface area contributed by atoms with Crippen LogP contribution >= 0.6 is 0 Å². The lowest BCUT2D eigenvalue weighted by Crippen LogP contribution is -2.29. The van der Waals surface area contributed by atoms with E-state index in [-0.39, 0.29) is 12.5 Å². The monoisotopic (exact) mass is 209 g/mol. The van der Waals surface area contributed by atoms with Crippen LogP contribution in [0.4, 0.5) is 0 Å². The van der Waals surface area contributed by atoms with Crippen molar-refractivity contribution in [3.8, 4) is 0 Å². The van der Waals surface area contributed by atoms with Gasteiger partial charge in [-0.3, -0.25) is 4.98 Å². The Balaban J connectivity index is 2.51. The molecule has 0 spiro atoms. The Bertz CT molecular complexity index is 311. The highest BCUT2D eigenvalue weighted by atomic mass is 16.5. The number of aromatic nitrogens is 1. The Kier molecular flexibility index (Phi) is 4.24. The van der Waals surface area contributed by atoms with Crippen LogP contribution < -0.4 is 0 Å². The zero-order chi connectivity index (χ0) is 11.3. The zero-order valence-corrected chi connectivity index (χ0v) is 8.88. The van der Waals surface area contributed by atoms with Crippen LogP contribution in [0.2, 0.25) is 0 Å². The second-order valence-corrected chi connectivity index (χ2v) is 3.68. The Morgan fingerprint density at radius 1 is 1.60 bits per heavy atom. The van der Waals surface area contributed by atoms with E-state index in [1.807, 2.05) is 19.9 Å². The van der Waals surface area contributed by atoms with Crippen molar-refractivity contribution in [3.63, 3.8) is 0 Å². The topological polar surface area (TPSA) is 59.4 Å². The lowest BCUT2D eigenvalue weighted by Gasteiger charge is -2.16. The van der Waals surface area contributed by atoms with Crippen LogP contribution in [0.3, 0.4) is 0 Å². The Morgan fingerprint density at radius 2 is 2.33 bits per heavy atom. The highest BCUT2D eigenvalue weighted by molar-refractivity contribution is 5.72. The van der Waals surface area contributed by atoms with E-state index in [1.165, 1.54) is 0 Å². The van der Waals surface area contributed by atoms with Gasteiger partial charge in [0.15, 0.2) is 6.10 Å². The average Bonchev–Trinajstić information content (AvgIpc) is 2.18. The van der Waals surface area contributed by atoms with Crippen molar-refractivity contribution in [2.24, 2.45) is 5.92 Å². The quantitative estimate of drug-likeness (QED) is 0.802. The van der Waals surface area contributed by atoms with Crippen LogP contribution in [-0.4, -0.2) is 22.2 Å². The minimum atomic E-state index is -0.922. The van der Waals surface area contributed by atoms with Gasteiger partial charge in [0.25, 0.3) is 0 Å². The third-order valence-electron chi connectivity index (χ3n) is 2.00. The zero-order valence-electron chi connectivity index (χ0n) is 8.88. The second kappa shape index (κ2) is 5.46. The molecule has 4 heteroatoms. The molecule has 0 bridgehead atoms. The van der Waals surface area contributed by atoms with E-state index in [4.69, 9.17) is 9.84 Å². The maximum absolute atomic E-state index is 10.8. The van der Waals surface area contributed by atoms with Gasteiger partial charge < -0.3 is 9.84 Å². The molecule has 82 valence electrons. The van der Waals surface area contributed by atoms with Gasteiger partial charge in [-0.25, -0.2) is 4.79 Å². The maximum atomic E-state index is 10.8. The highest BCUT2D eigenvalue weighted by Crippen LogP contribution is 2.10. The summed E-state index contributed by atoms with van der Waals surface area (Å²) in [5, 5.41) is 8.88. The number of carbonyl (C=O) groups is 1. The highest BCUT2D eigenvalue weighted by Gasteiger charge is 2.21. The first-order chi connectivity index (χ1) is 7.11. The van der Waals surface area contributed by atoms with Crippen molar-refractivity contribution in [2.45, 2.75) is 26.6 Å². The molecule has 0 saturated heterocycles. The van der Waals surface area contributed by atoms with E-state index in [0.29, 0.717) is 0 Å². The van der Waals surface area contributed by atoms with E-state index >= 15 is 0 Å². The van der Waals surface area contributed by atoms with Crippen LogP contribution in [0, 0.1) is 5.92 Å². The van der Waals surface area contributed by atoms with Gasteiger partial charge in [0.2, 0.25) is 0 Å². The van der Waals surface area contributed by atoms with E-state index in [9.17, 15) is 4.79 Å². The third kappa shape index (κ3) is 3.67. The SMILES string of the molecule is CC(C)C(OCc1cccnc1)C(=O)O. The maximum Gasteiger partial charge on any atom is 0.333 e. The van der Waals surface area contributed by atoms with E-state index in [2.05, 4.69) is 4.98 Å². The number of carboxylic acids is 1. The van der Waals surface area contributed by atoms with Crippen molar-refractivity contribution in [2.75, 3.05) is 0 Å². The molecule has 1 heterocycles. The number of nitrogens with zero attached hydrogens (tertiary/aromatic N) is 1. The molecular formula is C11H15NO3. The molecule has 15 heavy (non-hydrogen) atoms. The molecule has 1 aromatic rings. The summed E-state index contributed by atoms with van der Waals surface area (Å²) in [6.45, 7) is 3.92. The van der Waals surface area contributed by atoms with Gasteiger partial charge in [-0.1, -0.05) is 19.9 Å². The normalized spacial score (nSPS) is 12.7. The van der Waals surface area contributed by atoms with Gasteiger partial charge >= 0.3 is 5.97 Å². The summed E-state index contributed by atoms with van der Waals surface area (Å²) in [6, 6.07) is 3.65. The standard InChI is InChI=1S/C11H15NO3/c1-8(2)10(11(13)14)15-7-9-4-3-5-12-6-9/h3-6,8,10H,7H2,1-2H3,(H,13,14). The summed E-state index contributed by atoms with van der Waals surface area (Å²) in [5.74, 6) is -0.965. The number of carboxylic acid groups (broad SMARTS) is 1. The Labute approximate surface area is 88.9 Å². The first-order valence-electron chi connectivity index (χ1n) is 4.84. The molecule has 4 nitrogen and oxygen atoms in total. The molecule has 1 rings (SSSR count). The van der Waals surface area contributed by atoms with Crippen molar-refractivity contribution < 1.29 is 14.6 Å². The van der Waals surface area contributed by atoms with Crippen molar-refractivity contribution in [1.82, 2.24) is 4.98 Å². The fourth-order valence-corrected chi connectivity index (χ4v) is 1.22. The molecule has 0 fully saturated rings. The molecular weight excluding hydrogens is 194 g/mol. The molecule has 0 aliphatic carbocycles. The number of aliphatic carboxylic acids is 1. The summed E-state index contributed by atoms with van der Waals surface area (Å²) in [5.41, 5.74) is 0.879. The summed E-state index contributed by atoms with van der Waals surface area (Å²) in [7, 11) is 0. The molecule has 0 saturated carbocycles. The van der Waals surface area contributed by atoms with Crippen LogP contribution in [0.5, 0.6) is 0 Å². The fraction of sp³-hybridized carbons (Fsp3) is 0.455. The number of ether oxygens (including phenoxy) is 1. The van der Waals surface area contributed by atoms with Gasteiger partial charge in [0.05, 0.1) is 6.61 Å². The van der Waals surface area contributed by atoms with Crippen molar-refractivity contribution in [3.05, 3.63) is 30.1 Å². The third-order valence-corrected chi connectivity index (χ3v) is 2.00. The molecule has 0 aromatic carbocycles. The van der Waals surface area contributed by atoms with E-state index < -0.39 is 12.1 Å².